The van der Waals surface area contributed by atoms with Gasteiger partial charge in [-0.1, -0.05) is 12.1 Å². The molecule has 54 valence electrons. The summed E-state index contributed by atoms with van der Waals surface area (Å²) in [6.07, 6.45) is 0. The number of carbonyl (C=O) groups is 1. The van der Waals surface area contributed by atoms with Gasteiger partial charge in [0.25, 0.3) is 0 Å². The molecule has 0 aliphatic rings. The van der Waals surface area contributed by atoms with E-state index in [9.17, 15) is 0 Å². The molecule has 0 N–H and O–H groups in total. The zero-order chi connectivity index (χ0) is 7.98. The van der Waals surface area contributed by atoms with Gasteiger partial charge in [0, 0.05) is 8.04 Å². The largest absolute Gasteiger partial charge is 0.307 e. The van der Waals surface area contributed by atoms with E-state index in [1.54, 1.807) is 0 Å². The Hall–Kier alpha value is 0.1000. The van der Waals surface area contributed by atoms with E-state index in [4.69, 9.17) is 4.79 Å². The van der Waals surface area contributed by atoms with Crippen LogP contribution in [-0.4, -0.2) is 6.79 Å². The van der Waals surface area contributed by atoms with Crippen molar-refractivity contribution >= 4 is 45.3 Å². The van der Waals surface area contributed by atoms with Gasteiger partial charge in [-0.2, -0.15) is 0 Å². The zero-order valence-corrected chi connectivity index (χ0v) is 8.92. The average molecular weight is 313 g/mol. The Morgan fingerprint density at radius 2 is 1.80 bits per heavy atom. The molecule has 0 fully saturated rings. The summed E-state index contributed by atoms with van der Waals surface area (Å²) in [5, 5.41) is 0. The first-order valence-electron chi connectivity index (χ1n) is 2.49. The predicted molar refractivity (Wildman–Crippen MR) is 54.0 cm³/mol. The van der Waals surface area contributed by atoms with Crippen LogP contribution in [0.3, 0.4) is 0 Å². The molecule has 10 heavy (non-hydrogen) atoms. The highest BCUT2D eigenvalue weighted by atomic mass is 127. The Kier molecular flexibility index (Phi) is 5.91. The Bertz CT molecular complexity index is 182. The lowest BCUT2D eigenvalue weighted by Gasteiger charge is -1.89. The first-order chi connectivity index (χ1) is 4.80. The Morgan fingerprint density at radius 1 is 1.30 bits per heavy atom. The topological polar surface area (TPSA) is 17.1 Å². The van der Waals surface area contributed by atoms with Crippen molar-refractivity contribution in [3.8, 4) is 0 Å². The Morgan fingerprint density at radius 3 is 2.10 bits per heavy atom. The maximum atomic E-state index is 8.00. The molecule has 0 amide bonds. The van der Waals surface area contributed by atoms with Crippen molar-refractivity contribution in [2.24, 2.45) is 0 Å². The van der Waals surface area contributed by atoms with Crippen molar-refractivity contribution in [3.05, 3.63) is 32.3 Å². The molecule has 0 spiro atoms. The minimum atomic E-state index is 1.17. The monoisotopic (exact) mass is 312 g/mol. The van der Waals surface area contributed by atoms with Crippen LogP contribution in [0.5, 0.6) is 0 Å². The number of halogens is 2. The second-order valence-electron chi connectivity index (χ2n) is 1.41. The Labute approximate surface area is 82.1 Å². The van der Waals surface area contributed by atoms with E-state index in [1.807, 2.05) is 25.0 Å². The van der Waals surface area contributed by atoms with Gasteiger partial charge in [0.05, 0.1) is 0 Å². The van der Waals surface area contributed by atoms with E-state index in [0.29, 0.717) is 0 Å². The molecule has 0 aromatic heterocycles. The molecule has 0 aliphatic heterocycles. The SMILES string of the molecule is Brc1ccccc1I.C=O. The van der Waals surface area contributed by atoms with Crippen LogP contribution in [0, 0.1) is 3.57 Å². The van der Waals surface area contributed by atoms with Crippen molar-refractivity contribution < 1.29 is 4.79 Å². The van der Waals surface area contributed by atoms with Crippen molar-refractivity contribution in [2.75, 3.05) is 0 Å². The second-order valence-corrected chi connectivity index (χ2v) is 3.43. The van der Waals surface area contributed by atoms with Gasteiger partial charge in [0.15, 0.2) is 0 Å². The van der Waals surface area contributed by atoms with Crippen molar-refractivity contribution in [1.29, 1.82) is 0 Å². The summed E-state index contributed by atoms with van der Waals surface area (Å²) < 4.78 is 2.42. The summed E-state index contributed by atoms with van der Waals surface area (Å²) in [5.74, 6) is 0. The first kappa shape index (κ1) is 10.1. The molecule has 0 heterocycles. The van der Waals surface area contributed by atoms with Crippen LogP contribution < -0.4 is 0 Å². The fourth-order valence-corrected chi connectivity index (χ4v) is 1.11. The highest BCUT2D eigenvalue weighted by Gasteiger charge is 1.88. The number of carbonyl (C=O) groups excluding carboxylic acids is 1. The molecule has 1 rings (SSSR count). The van der Waals surface area contributed by atoms with E-state index in [-0.39, 0.29) is 0 Å². The minimum Gasteiger partial charge on any atom is -0.307 e. The van der Waals surface area contributed by atoms with E-state index in [1.165, 1.54) is 8.04 Å². The number of benzene rings is 1. The molecule has 0 saturated heterocycles. The summed E-state index contributed by atoms with van der Waals surface area (Å²) >= 11 is 5.67. The molecule has 1 aromatic rings. The van der Waals surface area contributed by atoms with Crippen molar-refractivity contribution in [1.82, 2.24) is 0 Å². The van der Waals surface area contributed by atoms with Crippen LogP contribution in [0.25, 0.3) is 0 Å². The van der Waals surface area contributed by atoms with Crippen LogP contribution in [-0.2, 0) is 4.79 Å². The molecular formula is C7H6BrIO. The van der Waals surface area contributed by atoms with Gasteiger partial charge in [-0.15, -0.1) is 0 Å². The molecule has 1 aromatic carbocycles. The lowest BCUT2D eigenvalue weighted by molar-refractivity contribution is -0.0979. The fourth-order valence-electron chi connectivity index (χ4n) is 0.439. The molecule has 0 atom stereocenters. The van der Waals surface area contributed by atoms with Gasteiger partial charge in [0.2, 0.25) is 0 Å². The van der Waals surface area contributed by atoms with Crippen molar-refractivity contribution in [2.45, 2.75) is 0 Å². The van der Waals surface area contributed by atoms with Crippen molar-refractivity contribution in [3.63, 3.8) is 0 Å². The molecule has 0 aliphatic carbocycles. The maximum Gasteiger partial charge on any atom is 0.106 e. The summed E-state index contributed by atoms with van der Waals surface area (Å²) in [6.45, 7) is 2.00. The van der Waals surface area contributed by atoms with E-state index >= 15 is 0 Å². The number of hydrogen-bond acceptors (Lipinski definition) is 1. The zero-order valence-electron chi connectivity index (χ0n) is 5.18. The van der Waals surface area contributed by atoms with Crippen LogP contribution in [0.2, 0.25) is 0 Å². The van der Waals surface area contributed by atoms with Gasteiger partial charge < -0.3 is 4.79 Å². The molecule has 0 bridgehead atoms. The summed E-state index contributed by atoms with van der Waals surface area (Å²) in [5.41, 5.74) is 0. The summed E-state index contributed by atoms with van der Waals surface area (Å²) in [7, 11) is 0. The Balaban J connectivity index is 0.000000371. The molecule has 1 nitrogen and oxygen atoms in total. The standard InChI is InChI=1S/C6H4BrI.CH2O/c7-5-3-1-2-4-6(5)8;1-2/h1-4H;1H2. The molecule has 0 unspecified atom stereocenters. The van der Waals surface area contributed by atoms with Gasteiger partial charge >= 0.3 is 0 Å². The molecular weight excluding hydrogens is 307 g/mol. The maximum absolute atomic E-state index is 8.00. The highest BCUT2D eigenvalue weighted by molar-refractivity contribution is 14.1. The van der Waals surface area contributed by atoms with Crippen LogP contribution >= 0.6 is 38.5 Å². The average Bonchev–Trinajstić information content (AvgIpc) is 2.00. The third-order valence-corrected chi connectivity index (χ3v) is 3.20. The highest BCUT2D eigenvalue weighted by Crippen LogP contribution is 2.16. The molecule has 3 heteroatoms. The lowest BCUT2D eigenvalue weighted by atomic mass is 10.4. The van der Waals surface area contributed by atoms with E-state index in [2.05, 4.69) is 44.6 Å². The fraction of sp³-hybridized carbons (Fsp3) is 0. The minimum absolute atomic E-state index is 1.17. The van der Waals surface area contributed by atoms with E-state index in [0.717, 1.165) is 0 Å². The third kappa shape index (κ3) is 3.31. The van der Waals surface area contributed by atoms with Gasteiger partial charge in [0.1, 0.15) is 6.79 Å². The normalized spacial score (nSPS) is 7.80. The predicted octanol–water partition coefficient (Wildman–Crippen LogP) is 2.87. The quantitative estimate of drug-likeness (QED) is 0.673. The van der Waals surface area contributed by atoms with Crippen LogP contribution in [0.15, 0.2) is 28.7 Å². The summed E-state index contributed by atoms with van der Waals surface area (Å²) in [6, 6.07) is 8.12. The number of rotatable bonds is 0. The lowest BCUT2D eigenvalue weighted by Crippen LogP contribution is -1.68. The smallest absolute Gasteiger partial charge is 0.106 e. The summed E-state index contributed by atoms with van der Waals surface area (Å²) in [4.78, 5) is 8.00. The molecule has 0 saturated carbocycles. The van der Waals surface area contributed by atoms with Crippen LogP contribution in [0.1, 0.15) is 0 Å². The third-order valence-electron chi connectivity index (χ3n) is 0.824. The molecule has 0 radical (unpaired) electrons. The van der Waals surface area contributed by atoms with Gasteiger partial charge in [-0.25, -0.2) is 0 Å². The van der Waals surface area contributed by atoms with Crippen LogP contribution in [0.4, 0.5) is 0 Å². The second kappa shape index (κ2) is 5.85. The van der Waals surface area contributed by atoms with Gasteiger partial charge in [-0.05, 0) is 50.7 Å². The first-order valence-corrected chi connectivity index (χ1v) is 4.37. The van der Waals surface area contributed by atoms with Gasteiger partial charge in [-0.3, -0.25) is 0 Å². The van der Waals surface area contributed by atoms with E-state index < -0.39 is 0 Å². The number of hydrogen-bond donors (Lipinski definition) is 0.